The van der Waals surface area contributed by atoms with Gasteiger partial charge in [-0.3, -0.25) is 14.5 Å². The maximum atomic E-state index is 12.6. The first-order chi connectivity index (χ1) is 13.2. The lowest BCUT2D eigenvalue weighted by molar-refractivity contribution is -0.123. The molecule has 2 heterocycles. The van der Waals surface area contributed by atoms with Crippen LogP contribution in [0.3, 0.4) is 0 Å². The molecule has 27 heavy (non-hydrogen) atoms. The molecule has 140 valence electrons. The van der Waals surface area contributed by atoms with E-state index in [4.69, 9.17) is 0 Å². The van der Waals surface area contributed by atoms with Gasteiger partial charge in [0, 0.05) is 5.69 Å². The van der Waals surface area contributed by atoms with Crippen LogP contribution in [0.4, 0.5) is 5.69 Å². The Bertz CT molecular complexity index is 813. The Balaban J connectivity index is 1.31. The number of anilines is 1. The maximum Gasteiger partial charge on any atom is 0.234 e. The average molecular weight is 363 g/mol. The predicted octanol–water partition coefficient (Wildman–Crippen LogP) is 3.07. The summed E-state index contributed by atoms with van der Waals surface area (Å²) in [7, 11) is 0. The standard InChI is InChI=1S/C22H25N3O2/c26-21-14-20(18-8-4-5-9-19(18)23-21)24-22(27)15-25-12-10-17(11-13-25)16-6-2-1-3-7-16/h1-9,17,20H,10-15H2,(H,23,26)(H,24,27)/t20-/m0/s1. The van der Waals surface area contributed by atoms with E-state index in [2.05, 4.69) is 39.8 Å². The first-order valence-corrected chi connectivity index (χ1v) is 9.64. The van der Waals surface area contributed by atoms with Crippen LogP contribution in [-0.4, -0.2) is 36.3 Å². The van der Waals surface area contributed by atoms with E-state index in [1.54, 1.807) is 0 Å². The molecule has 0 aliphatic carbocycles. The molecule has 4 rings (SSSR count). The van der Waals surface area contributed by atoms with E-state index in [0.29, 0.717) is 18.9 Å². The minimum absolute atomic E-state index is 0.0114. The molecule has 1 saturated heterocycles. The quantitative estimate of drug-likeness (QED) is 0.878. The van der Waals surface area contributed by atoms with Crippen LogP contribution in [0.2, 0.25) is 0 Å². The van der Waals surface area contributed by atoms with Crippen LogP contribution in [0.15, 0.2) is 54.6 Å². The van der Waals surface area contributed by atoms with E-state index in [9.17, 15) is 9.59 Å². The lowest BCUT2D eigenvalue weighted by Crippen LogP contribution is -2.43. The molecule has 5 nitrogen and oxygen atoms in total. The molecular weight excluding hydrogens is 338 g/mol. The first-order valence-electron chi connectivity index (χ1n) is 9.64. The van der Waals surface area contributed by atoms with Gasteiger partial charge >= 0.3 is 0 Å². The smallest absolute Gasteiger partial charge is 0.234 e. The van der Waals surface area contributed by atoms with Gasteiger partial charge in [-0.05, 0) is 49.0 Å². The summed E-state index contributed by atoms with van der Waals surface area (Å²) in [6.07, 6.45) is 2.44. The number of rotatable bonds is 4. The summed E-state index contributed by atoms with van der Waals surface area (Å²) in [5, 5.41) is 5.92. The Labute approximate surface area is 159 Å². The van der Waals surface area contributed by atoms with Crippen molar-refractivity contribution in [1.29, 1.82) is 0 Å². The van der Waals surface area contributed by atoms with Gasteiger partial charge in [-0.2, -0.15) is 0 Å². The van der Waals surface area contributed by atoms with Gasteiger partial charge in [-0.15, -0.1) is 0 Å². The Morgan fingerprint density at radius 2 is 1.74 bits per heavy atom. The highest BCUT2D eigenvalue weighted by molar-refractivity contribution is 5.95. The highest BCUT2D eigenvalue weighted by atomic mass is 16.2. The van der Waals surface area contributed by atoms with Gasteiger partial charge in [-0.25, -0.2) is 0 Å². The van der Waals surface area contributed by atoms with E-state index in [0.717, 1.165) is 37.2 Å². The fourth-order valence-electron chi connectivity index (χ4n) is 4.13. The number of carbonyl (C=O) groups excluding carboxylic acids is 2. The van der Waals surface area contributed by atoms with Gasteiger partial charge < -0.3 is 10.6 Å². The second kappa shape index (κ2) is 7.92. The van der Waals surface area contributed by atoms with Crippen molar-refractivity contribution in [2.75, 3.05) is 25.0 Å². The van der Waals surface area contributed by atoms with E-state index in [1.165, 1.54) is 5.56 Å². The van der Waals surface area contributed by atoms with Crippen molar-refractivity contribution >= 4 is 17.5 Å². The Morgan fingerprint density at radius 1 is 1.04 bits per heavy atom. The van der Waals surface area contributed by atoms with Crippen LogP contribution in [-0.2, 0) is 9.59 Å². The number of carbonyl (C=O) groups is 2. The SMILES string of the molecule is O=C1C[C@H](NC(=O)CN2CCC(c3ccccc3)CC2)c2ccccc2N1. The summed E-state index contributed by atoms with van der Waals surface area (Å²) in [5.41, 5.74) is 3.17. The Kier molecular flexibility index (Phi) is 5.21. The third-order valence-corrected chi connectivity index (χ3v) is 5.56. The van der Waals surface area contributed by atoms with Crippen LogP contribution in [0, 0.1) is 0 Å². The molecule has 5 heteroatoms. The second-order valence-corrected chi connectivity index (χ2v) is 7.42. The van der Waals surface area contributed by atoms with Crippen LogP contribution in [0.5, 0.6) is 0 Å². The third-order valence-electron chi connectivity index (χ3n) is 5.56. The normalized spacial score (nSPS) is 20.6. The van der Waals surface area contributed by atoms with Gasteiger partial charge in [0.15, 0.2) is 0 Å². The van der Waals surface area contributed by atoms with E-state index in [1.807, 2.05) is 30.3 Å². The maximum absolute atomic E-state index is 12.6. The van der Waals surface area contributed by atoms with Crippen LogP contribution < -0.4 is 10.6 Å². The second-order valence-electron chi connectivity index (χ2n) is 7.42. The number of hydrogen-bond donors (Lipinski definition) is 2. The molecule has 2 aromatic carbocycles. The number of likely N-dealkylation sites (tertiary alicyclic amines) is 1. The molecule has 0 spiro atoms. The number of fused-ring (bicyclic) bond motifs is 1. The van der Waals surface area contributed by atoms with Gasteiger partial charge in [0.05, 0.1) is 19.0 Å². The highest BCUT2D eigenvalue weighted by Crippen LogP contribution is 2.30. The molecule has 1 atom stereocenters. The minimum atomic E-state index is -0.246. The Morgan fingerprint density at radius 3 is 2.52 bits per heavy atom. The van der Waals surface area contributed by atoms with Crippen molar-refractivity contribution in [1.82, 2.24) is 10.2 Å². The number of benzene rings is 2. The fourth-order valence-corrected chi connectivity index (χ4v) is 4.13. The average Bonchev–Trinajstić information content (AvgIpc) is 2.69. The summed E-state index contributed by atoms with van der Waals surface area (Å²) >= 11 is 0. The van der Waals surface area contributed by atoms with Crippen LogP contribution >= 0.6 is 0 Å². The molecule has 0 radical (unpaired) electrons. The number of nitrogens with zero attached hydrogens (tertiary/aromatic N) is 1. The molecule has 0 saturated carbocycles. The molecule has 1 fully saturated rings. The van der Waals surface area contributed by atoms with Gasteiger partial charge in [0.1, 0.15) is 0 Å². The largest absolute Gasteiger partial charge is 0.348 e. The zero-order chi connectivity index (χ0) is 18.6. The monoisotopic (exact) mass is 363 g/mol. The molecule has 2 aliphatic rings. The number of hydrogen-bond acceptors (Lipinski definition) is 3. The Hall–Kier alpha value is -2.66. The van der Waals surface area contributed by atoms with Crippen molar-refractivity contribution in [3.05, 3.63) is 65.7 Å². The minimum Gasteiger partial charge on any atom is -0.348 e. The summed E-state index contributed by atoms with van der Waals surface area (Å²) < 4.78 is 0. The van der Waals surface area contributed by atoms with E-state index in [-0.39, 0.29) is 17.9 Å². The van der Waals surface area contributed by atoms with E-state index < -0.39 is 0 Å². The summed E-state index contributed by atoms with van der Waals surface area (Å²) in [5.74, 6) is 0.518. The zero-order valence-corrected chi connectivity index (χ0v) is 15.4. The molecule has 0 unspecified atom stereocenters. The molecule has 0 aromatic heterocycles. The topological polar surface area (TPSA) is 61.4 Å². The predicted molar refractivity (Wildman–Crippen MR) is 105 cm³/mol. The number of nitrogens with one attached hydrogen (secondary N) is 2. The lowest BCUT2D eigenvalue weighted by atomic mass is 9.89. The fraction of sp³-hybridized carbons (Fsp3) is 0.364. The molecule has 0 bridgehead atoms. The summed E-state index contributed by atoms with van der Waals surface area (Å²) in [4.78, 5) is 26.7. The lowest BCUT2D eigenvalue weighted by Gasteiger charge is -2.32. The molecule has 2 N–H and O–H groups in total. The molecule has 2 aromatic rings. The van der Waals surface area contributed by atoms with Crippen LogP contribution in [0.1, 0.15) is 42.3 Å². The number of para-hydroxylation sites is 1. The summed E-state index contributed by atoms with van der Waals surface area (Å²) in [6.45, 7) is 2.24. The highest BCUT2D eigenvalue weighted by Gasteiger charge is 2.27. The molecular formula is C22H25N3O2. The summed E-state index contributed by atoms with van der Waals surface area (Å²) in [6, 6.07) is 18.0. The van der Waals surface area contributed by atoms with Gasteiger partial charge in [0.2, 0.25) is 11.8 Å². The van der Waals surface area contributed by atoms with E-state index >= 15 is 0 Å². The van der Waals surface area contributed by atoms with Crippen molar-refractivity contribution in [3.8, 4) is 0 Å². The number of amides is 2. The third kappa shape index (κ3) is 4.19. The van der Waals surface area contributed by atoms with Crippen molar-refractivity contribution in [2.24, 2.45) is 0 Å². The first kappa shape index (κ1) is 17.7. The van der Waals surface area contributed by atoms with Crippen molar-refractivity contribution in [3.63, 3.8) is 0 Å². The van der Waals surface area contributed by atoms with Gasteiger partial charge in [0.25, 0.3) is 0 Å². The number of piperidine rings is 1. The zero-order valence-electron chi connectivity index (χ0n) is 15.4. The molecule has 2 aliphatic heterocycles. The van der Waals surface area contributed by atoms with Crippen molar-refractivity contribution < 1.29 is 9.59 Å². The van der Waals surface area contributed by atoms with Crippen molar-refractivity contribution in [2.45, 2.75) is 31.2 Å². The van der Waals surface area contributed by atoms with Crippen LogP contribution in [0.25, 0.3) is 0 Å². The van der Waals surface area contributed by atoms with Gasteiger partial charge in [-0.1, -0.05) is 48.5 Å². The molecule has 2 amide bonds.